The second-order valence-corrected chi connectivity index (χ2v) is 3.79. The number of nitrogens with two attached hydrogens (primary N) is 1. The van der Waals surface area contributed by atoms with Gasteiger partial charge in [0, 0.05) is 38.4 Å². The summed E-state index contributed by atoms with van der Waals surface area (Å²) in [7, 11) is 1.96. The van der Waals surface area contributed by atoms with Gasteiger partial charge in [-0.05, 0) is 24.1 Å². The van der Waals surface area contributed by atoms with E-state index in [1.165, 1.54) is 5.56 Å². The van der Waals surface area contributed by atoms with E-state index in [-0.39, 0.29) is 0 Å². The number of nitrogens with zero attached hydrogens (tertiary/aromatic N) is 4. The molecule has 2 aromatic rings. The Morgan fingerprint density at radius 2 is 1.82 bits per heavy atom. The van der Waals surface area contributed by atoms with Crippen LogP contribution in [-0.2, 0) is 6.42 Å². The van der Waals surface area contributed by atoms with Crippen molar-refractivity contribution in [2.75, 3.05) is 24.2 Å². The predicted molar refractivity (Wildman–Crippen MR) is 67.7 cm³/mol. The van der Waals surface area contributed by atoms with Crippen LogP contribution in [0.25, 0.3) is 0 Å². The Balaban J connectivity index is 1.99. The quantitative estimate of drug-likeness (QED) is 0.851. The van der Waals surface area contributed by atoms with Gasteiger partial charge < -0.3 is 10.6 Å². The molecule has 0 aliphatic heterocycles. The summed E-state index contributed by atoms with van der Waals surface area (Å²) >= 11 is 0. The van der Waals surface area contributed by atoms with E-state index >= 15 is 0 Å². The molecule has 2 heterocycles. The Labute approximate surface area is 100 Å². The lowest BCUT2D eigenvalue weighted by molar-refractivity contribution is 0.856. The first-order chi connectivity index (χ1) is 8.27. The minimum atomic E-state index is 0.463. The summed E-state index contributed by atoms with van der Waals surface area (Å²) in [6.07, 6.45) is 7.76. The molecule has 0 spiro atoms. The summed E-state index contributed by atoms with van der Waals surface area (Å²) in [5.74, 6) is 1.19. The number of pyridine rings is 1. The van der Waals surface area contributed by atoms with Crippen molar-refractivity contribution in [3.8, 4) is 0 Å². The molecule has 2 aromatic heterocycles. The molecule has 5 nitrogen and oxygen atoms in total. The van der Waals surface area contributed by atoms with Gasteiger partial charge in [0.25, 0.3) is 0 Å². The van der Waals surface area contributed by atoms with Crippen LogP contribution in [0, 0.1) is 0 Å². The second kappa shape index (κ2) is 5.25. The molecule has 0 radical (unpaired) electrons. The summed E-state index contributed by atoms with van der Waals surface area (Å²) in [4.78, 5) is 14.2. The molecule has 0 aliphatic rings. The minimum Gasteiger partial charge on any atom is -0.381 e. The SMILES string of the molecule is CN(CCc1ccncc1)c1nccnc1N. The third-order valence-electron chi connectivity index (χ3n) is 2.55. The molecule has 0 bridgehead atoms. The number of rotatable bonds is 4. The zero-order valence-corrected chi connectivity index (χ0v) is 9.74. The molecule has 0 amide bonds. The van der Waals surface area contributed by atoms with E-state index in [1.54, 1.807) is 24.8 Å². The van der Waals surface area contributed by atoms with Crippen LogP contribution >= 0.6 is 0 Å². The van der Waals surface area contributed by atoms with Gasteiger partial charge in [-0.2, -0.15) is 0 Å². The molecule has 0 saturated heterocycles. The highest BCUT2D eigenvalue weighted by atomic mass is 15.2. The second-order valence-electron chi connectivity index (χ2n) is 3.79. The zero-order valence-electron chi connectivity index (χ0n) is 9.74. The molecular weight excluding hydrogens is 214 g/mol. The lowest BCUT2D eigenvalue weighted by Crippen LogP contribution is -2.22. The van der Waals surface area contributed by atoms with Crippen molar-refractivity contribution in [3.05, 3.63) is 42.5 Å². The summed E-state index contributed by atoms with van der Waals surface area (Å²) < 4.78 is 0. The van der Waals surface area contributed by atoms with Gasteiger partial charge in [-0.15, -0.1) is 0 Å². The number of hydrogen-bond donors (Lipinski definition) is 1. The first kappa shape index (κ1) is 11.3. The summed E-state index contributed by atoms with van der Waals surface area (Å²) in [5, 5.41) is 0. The van der Waals surface area contributed by atoms with Gasteiger partial charge in [0.1, 0.15) is 0 Å². The number of anilines is 2. The Morgan fingerprint density at radius 3 is 2.53 bits per heavy atom. The molecule has 0 saturated carbocycles. The van der Waals surface area contributed by atoms with E-state index in [0.717, 1.165) is 18.8 Å². The monoisotopic (exact) mass is 229 g/mol. The molecule has 0 unspecified atom stereocenters. The van der Waals surface area contributed by atoms with Crippen LogP contribution in [0.1, 0.15) is 5.56 Å². The van der Waals surface area contributed by atoms with Crippen molar-refractivity contribution in [3.63, 3.8) is 0 Å². The average Bonchev–Trinajstić information content (AvgIpc) is 2.38. The largest absolute Gasteiger partial charge is 0.381 e. The van der Waals surface area contributed by atoms with Crippen molar-refractivity contribution in [2.45, 2.75) is 6.42 Å². The highest BCUT2D eigenvalue weighted by molar-refractivity contribution is 5.56. The number of nitrogen functional groups attached to an aromatic ring is 1. The van der Waals surface area contributed by atoms with Crippen molar-refractivity contribution in [1.82, 2.24) is 15.0 Å². The summed E-state index contributed by atoms with van der Waals surface area (Å²) in [6.45, 7) is 0.840. The average molecular weight is 229 g/mol. The molecular formula is C12H15N5. The van der Waals surface area contributed by atoms with Crippen LogP contribution < -0.4 is 10.6 Å². The lowest BCUT2D eigenvalue weighted by Gasteiger charge is -2.18. The maximum absolute atomic E-state index is 5.77. The fourth-order valence-corrected chi connectivity index (χ4v) is 1.59. The molecule has 0 aromatic carbocycles. The maximum Gasteiger partial charge on any atom is 0.171 e. The van der Waals surface area contributed by atoms with E-state index in [4.69, 9.17) is 5.73 Å². The van der Waals surface area contributed by atoms with Crippen LogP contribution in [0.5, 0.6) is 0 Å². The van der Waals surface area contributed by atoms with Crippen LogP contribution in [-0.4, -0.2) is 28.5 Å². The van der Waals surface area contributed by atoms with Crippen LogP contribution in [0.15, 0.2) is 36.9 Å². The van der Waals surface area contributed by atoms with Crippen molar-refractivity contribution in [1.29, 1.82) is 0 Å². The number of likely N-dealkylation sites (N-methyl/N-ethyl adjacent to an activating group) is 1. The highest BCUT2D eigenvalue weighted by Gasteiger charge is 2.06. The van der Waals surface area contributed by atoms with Crippen molar-refractivity contribution < 1.29 is 0 Å². The Morgan fingerprint density at radius 1 is 1.12 bits per heavy atom. The molecule has 0 fully saturated rings. The Hall–Kier alpha value is -2.17. The first-order valence-electron chi connectivity index (χ1n) is 5.44. The third kappa shape index (κ3) is 2.90. The van der Waals surface area contributed by atoms with E-state index in [2.05, 4.69) is 15.0 Å². The van der Waals surface area contributed by atoms with Crippen molar-refractivity contribution >= 4 is 11.6 Å². The number of hydrogen-bond acceptors (Lipinski definition) is 5. The van der Waals surface area contributed by atoms with E-state index < -0.39 is 0 Å². The standard InChI is InChI=1S/C12H15N5/c1-17(12-11(13)15-7-8-16-12)9-4-10-2-5-14-6-3-10/h2-3,5-8H,4,9H2,1H3,(H2,13,15). The van der Waals surface area contributed by atoms with Gasteiger partial charge in [0.05, 0.1) is 0 Å². The summed E-state index contributed by atoms with van der Waals surface area (Å²) in [5.41, 5.74) is 7.01. The zero-order chi connectivity index (χ0) is 12.1. The molecule has 2 N–H and O–H groups in total. The molecule has 5 heteroatoms. The highest BCUT2D eigenvalue weighted by Crippen LogP contribution is 2.14. The molecule has 17 heavy (non-hydrogen) atoms. The Bertz CT molecular complexity index is 471. The van der Waals surface area contributed by atoms with Gasteiger partial charge in [0.2, 0.25) is 0 Å². The maximum atomic E-state index is 5.77. The summed E-state index contributed by atoms with van der Waals surface area (Å²) in [6, 6.07) is 4.02. The fourth-order valence-electron chi connectivity index (χ4n) is 1.59. The Kier molecular flexibility index (Phi) is 3.49. The normalized spacial score (nSPS) is 10.2. The molecule has 0 aliphatic carbocycles. The van der Waals surface area contributed by atoms with Gasteiger partial charge in [-0.1, -0.05) is 0 Å². The van der Waals surface area contributed by atoms with Gasteiger partial charge >= 0.3 is 0 Å². The minimum absolute atomic E-state index is 0.463. The number of aromatic nitrogens is 3. The topological polar surface area (TPSA) is 67.9 Å². The van der Waals surface area contributed by atoms with Gasteiger partial charge in [-0.25, -0.2) is 9.97 Å². The molecule has 2 rings (SSSR count). The van der Waals surface area contributed by atoms with Crippen LogP contribution in [0.2, 0.25) is 0 Å². The lowest BCUT2D eigenvalue weighted by atomic mass is 10.2. The van der Waals surface area contributed by atoms with E-state index in [1.807, 2.05) is 24.1 Å². The predicted octanol–water partition coefficient (Wildman–Crippen LogP) is 1.13. The van der Waals surface area contributed by atoms with Crippen LogP contribution in [0.4, 0.5) is 11.6 Å². The first-order valence-corrected chi connectivity index (χ1v) is 5.44. The van der Waals surface area contributed by atoms with E-state index in [0.29, 0.717) is 5.82 Å². The smallest absolute Gasteiger partial charge is 0.171 e. The third-order valence-corrected chi connectivity index (χ3v) is 2.55. The molecule has 0 atom stereocenters. The molecule has 88 valence electrons. The van der Waals surface area contributed by atoms with Gasteiger partial charge in [-0.3, -0.25) is 4.98 Å². The van der Waals surface area contributed by atoms with Gasteiger partial charge in [0.15, 0.2) is 11.6 Å². The van der Waals surface area contributed by atoms with Crippen molar-refractivity contribution in [2.24, 2.45) is 0 Å². The van der Waals surface area contributed by atoms with E-state index in [9.17, 15) is 0 Å². The van der Waals surface area contributed by atoms with Crippen LogP contribution in [0.3, 0.4) is 0 Å². The fraction of sp³-hybridized carbons (Fsp3) is 0.250.